The fourth-order valence-electron chi connectivity index (χ4n) is 1.47. The van der Waals surface area contributed by atoms with E-state index < -0.39 is 10.0 Å². The first-order valence-corrected chi connectivity index (χ1v) is 8.62. The van der Waals surface area contributed by atoms with Gasteiger partial charge in [0.2, 0.25) is 10.0 Å². The number of hydrogen-bond acceptors (Lipinski definition) is 3. The van der Waals surface area contributed by atoms with Crippen LogP contribution < -0.4 is 4.72 Å². The van der Waals surface area contributed by atoms with E-state index in [4.69, 9.17) is 0 Å². The van der Waals surface area contributed by atoms with Crippen molar-refractivity contribution in [1.29, 1.82) is 0 Å². The van der Waals surface area contributed by atoms with E-state index >= 15 is 0 Å². The molecule has 2 rings (SSSR count). The SMILES string of the molecule is O=S(=O)(Cc1ccccc1)NCc1sccc1Br. The van der Waals surface area contributed by atoms with Crippen molar-refractivity contribution in [2.45, 2.75) is 12.3 Å². The molecule has 0 aliphatic rings. The highest BCUT2D eigenvalue weighted by atomic mass is 79.9. The lowest BCUT2D eigenvalue weighted by atomic mass is 10.2. The molecule has 1 aromatic heterocycles. The Morgan fingerprint density at radius 1 is 1.17 bits per heavy atom. The summed E-state index contributed by atoms with van der Waals surface area (Å²) in [6.45, 7) is 0.327. The summed E-state index contributed by atoms with van der Waals surface area (Å²) in [5, 5.41) is 1.92. The molecular weight excluding hydrogens is 334 g/mol. The van der Waals surface area contributed by atoms with Crippen LogP contribution in [-0.4, -0.2) is 8.42 Å². The van der Waals surface area contributed by atoms with Crippen LogP contribution >= 0.6 is 27.3 Å². The van der Waals surface area contributed by atoms with Crippen LogP contribution in [-0.2, 0) is 22.3 Å². The highest BCUT2D eigenvalue weighted by Gasteiger charge is 2.12. The van der Waals surface area contributed by atoms with Crippen molar-refractivity contribution in [3.8, 4) is 0 Å². The Bertz CT molecular complexity index is 608. The predicted molar refractivity (Wildman–Crippen MR) is 77.9 cm³/mol. The zero-order valence-electron chi connectivity index (χ0n) is 9.47. The van der Waals surface area contributed by atoms with Crippen molar-refractivity contribution in [3.05, 3.63) is 56.7 Å². The van der Waals surface area contributed by atoms with E-state index in [1.165, 1.54) is 11.3 Å². The van der Waals surface area contributed by atoms with Gasteiger partial charge < -0.3 is 0 Å². The van der Waals surface area contributed by atoms with Crippen molar-refractivity contribution in [1.82, 2.24) is 4.72 Å². The summed E-state index contributed by atoms with van der Waals surface area (Å²) in [7, 11) is -3.29. The van der Waals surface area contributed by atoms with Gasteiger partial charge in [-0.3, -0.25) is 0 Å². The molecule has 0 aliphatic heterocycles. The monoisotopic (exact) mass is 345 g/mol. The van der Waals surface area contributed by atoms with Crippen LogP contribution in [0.4, 0.5) is 0 Å². The maximum atomic E-state index is 11.9. The van der Waals surface area contributed by atoms with Gasteiger partial charge in [-0.1, -0.05) is 30.3 Å². The normalized spacial score (nSPS) is 11.6. The summed E-state index contributed by atoms with van der Waals surface area (Å²) in [4.78, 5) is 0.978. The van der Waals surface area contributed by atoms with E-state index in [1.54, 1.807) is 12.1 Å². The van der Waals surface area contributed by atoms with E-state index in [0.29, 0.717) is 6.54 Å². The van der Waals surface area contributed by atoms with E-state index in [-0.39, 0.29) is 5.75 Å². The van der Waals surface area contributed by atoms with Crippen molar-refractivity contribution in [2.75, 3.05) is 0 Å². The molecule has 2 aromatic rings. The number of thiophene rings is 1. The third-order valence-corrected chi connectivity index (χ3v) is 5.57. The molecular formula is C12H12BrNO2S2. The molecule has 0 saturated heterocycles. The van der Waals surface area contributed by atoms with Gasteiger partial charge >= 0.3 is 0 Å². The Balaban J connectivity index is 1.98. The first-order valence-electron chi connectivity index (χ1n) is 5.30. The molecule has 3 nitrogen and oxygen atoms in total. The number of nitrogens with one attached hydrogen (secondary N) is 1. The summed E-state index contributed by atoms with van der Waals surface area (Å²) in [5.41, 5.74) is 0.787. The Labute approximate surface area is 119 Å². The molecule has 6 heteroatoms. The summed E-state index contributed by atoms with van der Waals surface area (Å²) in [6.07, 6.45) is 0. The molecule has 0 radical (unpaired) electrons. The smallest absolute Gasteiger partial charge is 0.212 e. The molecule has 0 fully saturated rings. The molecule has 1 aromatic carbocycles. The summed E-state index contributed by atoms with van der Waals surface area (Å²) < 4.78 is 27.3. The van der Waals surface area contributed by atoms with Crippen molar-refractivity contribution in [2.24, 2.45) is 0 Å². The molecule has 0 saturated carbocycles. The van der Waals surface area contributed by atoms with E-state index in [0.717, 1.165) is 14.9 Å². The predicted octanol–water partition coefficient (Wildman–Crippen LogP) is 3.13. The van der Waals surface area contributed by atoms with Crippen LogP contribution in [0.5, 0.6) is 0 Å². The maximum absolute atomic E-state index is 11.9. The lowest BCUT2D eigenvalue weighted by molar-refractivity contribution is 0.581. The van der Waals surface area contributed by atoms with E-state index in [9.17, 15) is 8.42 Å². The second-order valence-electron chi connectivity index (χ2n) is 3.76. The van der Waals surface area contributed by atoms with Gasteiger partial charge in [-0.05, 0) is 32.9 Å². The molecule has 0 unspecified atom stereocenters. The summed E-state index contributed by atoms with van der Waals surface area (Å²) >= 11 is 4.90. The van der Waals surface area contributed by atoms with Crippen LogP contribution in [0, 0.1) is 0 Å². The molecule has 0 amide bonds. The number of rotatable bonds is 5. The fourth-order valence-corrected chi connectivity index (χ4v) is 4.09. The molecule has 0 aliphatic carbocycles. The minimum absolute atomic E-state index is 0.0107. The standard InChI is InChI=1S/C12H12BrNO2S2/c13-11-6-7-17-12(11)8-14-18(15,16)9-10-4-2-1-3-5-10/h1-7,14H,8-9H2. The highest BCUT2D eigenvalue weighted by molar-refractivity contribution is 9.10. The molecule has 0 spiro atoms. The lowest BCUT2D eigenvalue weighted by Crippen LogP contribution is -2.24. The third kappa shape index (κ3) is 3.91. The Kier molecular flexibility index (Phi) is 4.55. The molecule has 1 heterocycles. The minimum Gasteiger partial charge on any atom is -0.212 e. The van der Waals surface area contributed by atoms with Gasteiger partial charge in [-0.25, -0.2) is 13.1 Å². The van der Waals surface area contributed by atoms with Crippen LogP contribution in [0.25, 0.3) is 0 Å². The zero-order valence-corrected chi connectivity index (χ0v) is 12.7. The van der Waals surface area contributed by atoms with Gasteiger partial charge in [0.1, 0.15) is 0 Å². The van der Waals surface area contributed by atoms with Crippen molar-refractivity contribution in [3.63, 3.8) is 0 Å². The fraction of sp³-hybridized carbons (Fsp3) is 0.167. The maximum Gasteiger partial charge on any atom is 0.216 e. The Hall–Kier alpha value is -0.690. The first-order chi connectivity index (χ1) is 8.57. The van der Waals surface area contributed by atoms with Gasteiger partial charge in [0.25, 0.3) is 0 Å². The summed E-state index contributed by atoms with van der Waals surface area (Å²) in [6, 6.07) is 11.1. The van der Waals surface area contributed by atoms with Crippen molar-refractivity contribution >= 4 is 37.3 Å². The molecule has 18 heavy (non-hydrogen) atoms. The minimum atomic E-state index is -3.29. The van der Waals surface area contributed by atoms with Crippen LogP contribution in [0.15, 0.2) is 46.3 Å². The highest BCUT2D eigenvalue weighted by Crippen LogP contribution is 2.22. The molecule has 0 bridgehead atoms. The Morgan fingerprint density at radius 3 is 2.50 bits per heavy atom. The van der Waals surface area contributed by atoms with E-state index in [1.807, 2.05) is 29.6 Å². The summed E-state index contributed by atoms with van der Waals surface area (Å²) in [5.74, 6) is 0.0107. The van der Waals surface area contributed by atoms with E-state index in [2.05, 4.69) is 20.7 Å². The van der Waals surface area contributed by atoms with Gasteiger partial charge in [0, 0.05) is 15.9 Å². The van der Waals surface area contributed by atoms with Crippen LogP contribution in [0.1, 0.15) is 10.4 Å². The third-order valence-electron chi connectivity index (χ3n) is 2.34. The topological polar surface area (TPSA) is 46.2 Å². The van der Waals surface area contributed by atoms with Crippen molar-refractivity contribution < 1.29 is 8.42 Å². The Morgan fingerprint density at radius 2 is 1.89 bits per heavy atom. The number of halogens is 1. The average Bonchev–Trinajstić information content (AvgIpc) is 2.73. The lowest BCUT2D eigenvalue weighted by Gasteiger charge is -2.06. The molecule has 0 atom stereocenters. The largest absolute Gasteiger partial charge is 0.216 e. The van der Waals surface area contributed by atoms with Gasteiger partial charge in [0.05, 0.1) is 5.75 Å². The van der Waals surface area contributed by atoms with Gasteiger partial charge in [0.15, 0.2) is 0 Å². The number of benzene rings is 1. The van der Waals surface area contributed by atoms with Gasteiger partial charge in [-0.2, -0.15) is 0 Å². The molecule has 1 N–H and O–H groups in total. The number of hydrogen-bond donors (Lipinski definition) is 1. The quantitative estimate of drug-likeness (QED) is 0.904. The van der Waals surface area contributed by atoms with Crippen LogP contribution in [0.3, 0.4) is 0 Å². The average molecular weight is 346 g/mol. The number of sulfonamides is 1. The van der Waals surface area contributed by atoms with Crippen LogP contribution in [0.2, 0.25) is 0 Å². The molecule has 96 valence electrons. The second-order valence-corrected chi connectivity index (χ2v) is 7.42. The first kappa shape index (κ1) is 13.7. The zero-order chi connectivity index (χ0) is 13.0. The van der Waals surface area contributed by atoms with Gasteiger partial charge in [-0.15, -0.1) is 11.3 Å². The second kappa shape index (κ2) is 5.97.